The lowest BCUT2D eigenvalue weighted by Gasteiger charge is -2.20. The van der Waals surface area contributed by atoms with Crippen molar-refractivity contribution in [3.05, 3.63) is 108 Å². The Morgan fingerprint density at radius 3 is 2.62 bits per heavy atom. The van der Waals surface area contributed by atoms with Gasteiger partial charge in [-0.3, -0.25) is 4.79 Å². The molecule has 1 atom stereocenters. The van der Waals surface area contributed by atoms with E-state index in [1.807, 2.05) is 101 Å². The first-order valence-electron chi connectivity index (χ1n) is 11.4. The molecule has 3 heterocycles. The first-order chi connectivity index (χ1) is 16.7. The lowest BCUT2D eigenvalue weighted by atomic mass is 10.1. The van der Waals surface area contributed by atoms with Crippen LogP contribution in [0.1, 0.15) is 18.1 Å². The Bertz CT molecular complexity index is 1490. The van der Waals surface area contributed by atoms with Crippen molar-refractivity contribution in [1.29, 1.82) is 0 Å². The maximum atomic E-state index is 13.2. The monoisotopic (exact) mass is 445 g/mol. The SMILES string of the molecule is CC1Cc2ccccc2N1C(=O)/C=C/c1cn(-c2ccccc2)nc1-c1cc2ccccc2o1. The van der Waals surface area contributed by atoms with Crippen LogP contribution in [0.25, 0.3) is 34.2 Å². The summed E-state index contributed by atoms with van der Waals surface area (Å²) in [4.78, 5) is 15.1. The van der Waals surface area contributed by atoms with Gasteiger partial charge in [-0.25, -0.2) is 4.68 Å². The number of fused-ring (bicyclic) bond motifs is 2. The Morgan fingerprint density at radius 2 is 1.76 bits per heavy atom. The largest absolute Gasteiger partial charge is 0.454 e. The number of furan rings is 1. The van der Waals surface area contributed by atoms with E-state index in [4.69, 9.17) is 9.52 Å². The molecule has 3 aromatic carbocycles. The van der Waals surface area contributed by atoms with Crippen molar-refractivity contribution < 1.29 is 9.21 Å². The number of para-hydroxylation sites is 3. The molecule has 6 rings (SSSR count). The Hall–Kier alpha value is -4.38. The standard InChI is InChI=1S/C29H23N3O2/c1-20-17-21-9-5-7-13-25(21)32(20)28(33)16-15-23-19-31(24-11-3-2-4-12-24)30-29(23)27-18-22-10-6-8-14-26(22)34-27/h2-16,18-20H,17H2,1H3/b16-15+. The van der Waals surface area contributed by atoms with E-state index in [2.05, 4.69) is 13.0 Å². The van der Waals surface area contributed by atoms with Gasteiger partial charge < -0.3 is 9.32 Å². The van der Waals surface area contributed by atoms with Crippen molar-refractivity contribution in [1.82, 2.24) is 9.78 Å². The van der Waals surface area contributed by atoms with Gasteiger partial charge in [-0.15, -0.1) is 0 Å². The van der Waals surface area contributed by atoms with E-state index in [0.29, 0.717) is 11.5 Å². The highest BCUT2D eigenvalue weighted by Crippen LogP contribution is 2.33. The fourth-order valence-corrected chi connectivity index (χ4v) is 4.66. The molecule has 1 aliphatic rings. The first-order valence-corrected chi connectivity index (χ1v) is 11.4. The third kappa shape index (κ3) is 3.52. The molecule has 166 valence electrons. The molecule has 5 heteroatoms. The minimum absolute atomic E-state index is 0.0412. The minimum atomic E-state index is -0.0412. The third-order valence-electron chi connectivity index (χ3n) is 6.27. The molecule has 0 saturated heterocycles. The van der Waals surface area contributed by atoms with Crippen molar-refractivity contribution in [2.24, 2.45) is 0 Å². The number of amides is 1. The summed E-state index contributed by atoms with van der Waals surface area (Å²) in [7, 11) is 0. The fourth-order valence-electron chi connectivity index (χ4n) is 4.66. The number of carbonyl (C=O) groups is 1. The van der Waals surface area contributed by atoms with Crippen LogP contribution in [0.15, 0.2) is 102 Å². The Labute approximate surface area is 197 Å². The first kappa shape index (κ1) is 20.2. The van der Waals surface area contributed by atoms with Crippen molar-refractivity contribution in [3.63, 3.8) is 0 Å². The van der Waals surface area contributed by atoms with Gasteiger partial charge in [0, 0.05) is 35.0 Å². The molecule has 1 aliphatic heterocycles. The summed E-state index contributed by atoms with van der Waals surface area (Å²) in [6.45, 7) is 2.08. The summed E-state index contributed by atoms with van der Waals surface area (Å²) in [6.07, 6.45) is 6.27. The number of nitrogens with zero attached hydrogens (tertiary/aromatic N) is 3. The topological polar surface area (TPSA) is 51.3 Å². The highest BCUT2D eigenvalue weighted by molar-refractivity contribution is 6.06. The summed E-state index contributed by atoms with van der Waals surface area (Å²) >= 11 is 0. The number of hydrogen-bond acceptors (Lipinski definition) is 3. The van der Waals surface area contributed by atoms with Crippen molar-refractivity contribution in [3.8, 4) is 17.1 Å². The fraction of sp³-hybridized carbons (Fsp3) is 0.103. The molecule has 0 radical (unpaired) electrons. The van der Waals surface area contributed by atoms with Crippen LogP contribution >= 0.6 is 0 Å². The lowest BCUT2D eigenvalue weighted by molar-refractivity contribution is -0.114. The quantitative estimate of drug-likeness (QED) is 0.306. The van der Waals surface area contributed by atoms with Gasteiger partial charge in [0.2, 0.25) is 0 Å². The average Bonchev–Trinajstić information content (AvgIpc) is 3.57. The van der Waals surface area contributed by atoms with E-state index in [0.717, 1.165) is 34.3 Å². The molecule has 5 aromatic rings. The predicted octanol–water partition coefficient (Wildman–Crippen LogP) is 6.28. The maximum Gasteiger partial charge on any atom is 0.251 e. The van der Waals surface area contributed by atoms with Gasteiger partial charge in [-0.2, -0.15) is 5.10 Å². The van der Waals surface area contributed by atoms with Crippen LogP contribution in [0.5, 0.6) is 0 Å². The highest BCUT2D eigenvalue weighted by Gasteiger charge is 2.29. The van der Waals surface area contributed by atoms with Gasteiger partial charge in [-0.05, 0) is 55.3 Å². The molecule has 0 aliphatic carbocycles. The Kier molecular flexibility index (Phi) is 4.88. The van der Waals surface area contributed by atoms with Crippen LogP contribution in [0.4, 0.5) is 5.69 Å². The van der Waals surface area contributed by atoms with E-state index in [-0.39, 0.29) is 11.9 Å². The van der Waals surface area contributed by atoms with Crippen LogP contribution in [0.3, 0.4) is 0 Å². The summed E-state index contributed by atoms with van der Waals surface area (Å²) < 4.78 is 7.93. The number of carbonyl (C=O) groups excluding carboxylic acids is 1. The summed E-state index contributed by atoms with van der Waals surface area (Å²) in [5.74, 6) is 0.628. The zero-order valence-electron chi connectivity index (χ0n) is 18.8. The molecule has 2 aromatic heterocycles. The van der Waals surface area contributed by atoms with Crippen LogP contribution in [-0.2, 0) is 11.2 Å². The van der Waals surface area contributed by atoms with Gasteiger partial charge in [0.25, 0.3) is 5.91 Å². The molecule has 5 nitrogen and oxygen atoms in total. The maximum absolute atomic E-state index is 13.2. The van der Waals surface area contributed by atoms with E-state index >= 15 is 0 Å². The van der Waals surface area contributed by atoms with Gasteiger partial charge >= 0.3 is 0 Å². The molecule has 0 fully saturated rings. The minimum Gasteiger partial charge on any atom is -0.454 e. The van der Waals surface area contributed by atoms with Crippen molar-refractivity contribution >= 4 is 28.6 Å². The second-order valence-corrected chi connectivity index (χ2v) is 8.59. The normalized spacial score (nSPS) is 15.3. The molecule has 0 spiro atoms. The molecule has 34 heavy (non-hydrogen) atoms. The summed E-state index contributed by atoms with van der Waals surface area (Å²) in [6, 6.07) is 28.0. The highest BCUT2D eigenvalue weighted by atomic mass is 16.3. The van der Waals surface area contributed by atoms with Crippen molar-refractivity contribution in [2.45, 2.75) is 19.4 Å². The number of anilines is 1. The van der Waals surface area contributed by atoms with E-state index in [9.17, 15) is 4.79 Å². The second kappa shape index (κ2) is 8.19. The molecule has 0 bridgehead atoms. The van der Waals surface area contributed by atoms with Gasteiger partial charge in [0.05, 0.1) is 5.69 Å². The molecule has 0 saturated carbocycles. The van der Waals surface area contributed by atoms with Crippen LogP contribution in [-0.4, -0.2) is 21.7 Å². The smallest absolute Gasteiger partial charge is 0.251 e. The number of benzene rings is 3. The molecule has 0 N–H and O–H groups in total. The van der Waals surface area contributed by atoms with Crippen LogP contribution < -0.4 is 4.90 Å². The third-order valence-corrected chi connectivity index (χ3v) is 6.27. The van der Waals surface area contributed by atoms with Crippen molar-refractivity contribution in [2.75, 3.05) is 4.90 Å². The van der Waals surface area contributed by atoms with Gasteiger partial charge in [-0.1, -0.05) is 54.6 Å². The Morgan fingerprint density at radius 1 is 1.00 bits per heavy atom. The zero-order chi connectivity index (χ0) is 23.1. The molecular formula is C29H23N3O2. The van der Waals surface area contributed by atoms with E-state index in [1.54, 1.807) is 6.08 Å². The second-order valence-electron chi connectivity index (χ2n) is 8.59. The van der Waals surface area contributed by atoms with E-state index in [1.165, 1.54) is 5.56 Å². The lowest BCUT2D eigenvalue weighted by Crippen LogP contribution is -2.34. The zero-order valence-corrected chi connectivity index (χ0v) is 18.8. The van der Waals surface area contributed by atoms with Crippen LogP contribution in [0.2, 0.25) is 0 Å². The number of rotatable bonds is 4. The van der Waals surface area contributed by atoms with Gasteiger partial charge in [0.15, 0.2) is 5.76 Å². The number of hydrogen-bond donors (Lipinski definition) is 0. The average molecular weight is 446 g/mol. The Balaban J connectivity index is 1.40. The van der Waals surface area contributed by atoms with E-state index < -0.39 is 0 Å². The van der Waals surface area contributed by atoms with Crippen LogP contribution in [0, 0.1) is 0 Å². The predicted molar refractivity (Wildman–Crippen MR) is 135 cm³/mol. The number of aromatic nitrogens is 2. The summed E-state index contributed by atoms with van der Waals surface area (Å²) in [5.41, 5.74) is 5.45. The molecular weight excluding hydrogens is 422 g/mol. The van der Waals surface area contributed by atoms with Gasteiger partial charge in [0.1, 0.15) is 11.3 Å². The summed E-state index contributed by atoms with van der Waals surface area (Å²) in [5, 5.41) is 5.83. The molecule has 1 unspecified atom stereocenters. The molecule has 1 amide bonds.